The molecule has 0 amide bonds. The first-order valence-electron chi connectivity index (χ1n) is 9.21. The van der Waals surface area contributed by atoms with Gasteiger partial charge in [-0.1, -0.05) is 19.3 Å². The van der Waals surface area contributed by atoms with Crippen LogP contribution in [-0.4, -0.2) is 61.1 Å². The summed E-state index contributed by atoms with van der Waals surface area (Å²) >= 11 is 0. The van der Waals surface area contributed by atoms with Crippen molar-refractivity contribution in [1.82, 2.24) is 19.7 Å². The van der Waals surface area contributed by atoms with Crippen molar-refractivity contribution in [2.45, 2.75) is 44.7 Å². The summed E-state index contributed by atoms with van der Waals surface area (Å²) in [6.45, 7) is 1.82. The van der Waals surface area contributed by atoms with Crippen LogP contribution in [0.25, 0.3) is 0 Å². The lowest BCUT2D eigenvalue weighted by molar-refractivity contribution is 0.170. The van der Waals surface area contributed by atoms with E-state index < -0.39 is 0 Å². The molecule has 1 aliphatic carbocycles. The van der Waals surface area contributed by atoms with E-state index in [0.29, 0.717) is 6.04 Å². The van der Waals surface area contributed by atoms with Gasteiger partial charge in [-0.15, -0.1) is 24.0 Å². The molecule has 1 N–H and O–H groups in total. The second-order valence-corrected chi connectivity index (χ2v) is 7.32. The topological polar surface area (TPSA) is 35.8 Å². The SMILES string of the molecule is CN=C(NCC(C1CCCCC1)N(C)C)N(C)Cc1cccn1C.I. The van der Waals surface area contributed by atoms with Gasteiger partial charge in [0.2, 0.25) is 0 Å². The highest BCUT2D eigenvalue weighted by Crippen LogP contribution is 2.28. The number of rotatable bonds is 6. The molecule has 0 saturated heterocycles. The Labute approximate surface area is 170 Å². The summed E-state index contributed by atoms with van der Waals surface area (Å²) in [6, 6.07) is 4.82. The molecule has 0 spiro atoms. The smallest absolute Gasteiger partial charge is 0.193 e. The Bertz CT molecular complexity index is 520. The molecule has 1 atom stereocenters. The Kier molecular flexibility index (Phi) is 9.86. The van der Waals surface area contributed by atoms with Crippen LogP contribution in [0.4, 0.5) is 0 Å². The van der Waals surface area contributed by atoms with Gasteiger partial charge >= 0.3 is 0 Å². The first-order chi connectivity index (χ1) is 11.5. The van der Waals surface area contributed by atoms with Crippen LogP contribution >= 0.6 is 24.0 Å². The fourth-order valence-electron chi connectivity index (χ4n) is 3.85. The fourth-order valence-corrected chi connectivity index (χ4v) is 3.85. The van der Waals surface area contributed by atoms with Crippen molar-refractivity contribution in [2.75, 3.05) is 34.7 Å². The summed E-state index contributed by atoms with van der Waals surface area (Å²) in [5.41, 5.74) is 1.29. The van der Waals surface area contributed by atoms with Gasteiger partial charge in [0.25, 0.3) is 0 Å². The minimum Gasteiger partial charge on any atom is -0.355 e. The number of nitrogens with one attached hydrogen (secondary N) is 1. The highest BCUT2D eigenvalue weighted by molar-refractivity contribution is 14.0. The van der Waals surface area contributed by atoms with Crippen LogP contribution in [0, 0.1) is 5.92 Å². The third kappa shape index (κ3) is 6.47. The lowest BCUT2D eigenvalue weighted by Gasteiger charge is -2.36. The number of hydrogen-bond acceptors (Lipinski definition) is 2. The molecule has 2 rings (SSSR count). The number of nitrogens with zero attached hydrogens (tertiary/aromatic N) is 4. The zero-order chi connectivity index (χ0) is 17.5. The zero-order valence-electron chi connectivity index (χ0n) is 16.5. The second-order valence-electron chi connectivity index (χ2n) is 7.32. The van der Waals surface area contributed by atoms with Gasteiger partial charge < -0.3 is 19.7 Å². The molecule has 1 unspecified atom stereocenters. The van der Waals surface area contributed by atoms with Crippen LogP contribution < -0.4 is 5.32 Å². The molecule has 0 aromatic carbocycles. The molecule has 1 heterocycles. The van der Waals surface area contributed by atoms with Crippen molar-refractivity contribution in [3.05, 3.63) is 24.0 Å². The van der Waals surface area contributed by atoms with Crippen LogP contribution in [0.5, 0.6) is 0 Å². The van der Waals surface area contributed by atoms with E-state index in [9.17, 15) is 0 Å². The molecule has 0 aliphatic heterocycles. The first-order valence-corrected chi connectivity index (χ1v) is 9.21. The van der Waals surface area contributed by atoms with Gasteiger partial charge in [-0.3, -0.25) is 4.99 Å². The summed E-state index contributed by atoms with van der Waals surface area (Å²) < 4.78 is 2.16. The molecule has 1 saturated carbocycles. The van der Waals surface area contributed by atoms with Crippen molar-refractivity contribution in [3.63, 3.8) is 0 Å². The molecule has 1 aromatic rings. The summed E-state index contributed by atoms with van der Waals surface area (Å²) in [5.74, 6) is 1.77. The Morgan fingerprint density at radius 2 is 1.96 bits per heavy atom. The van der Waals surface area contributed by atoms with Crippen LogP contribution in [0.2, 0.25) is 0 Å². The lowest BCUT2D eigenvalue weighted by Crippen LogP contribution is -2.48. The van der Waals surface area contributed by atoms with E-state index in [0.717, 1.165) is 25.0 Å². The monoisotopic (exact) mass is 461 g/mol. The van der Waals surface area contributed by atoms with Gasteiger partial charge in [0.1, 0.15) is 0 Å². The standard InChI is InChI=1S/C19H35N5.HI/c1-20-19(24(5)15-17-12-9-13-23(17)4)21-14-18(22(2)3)16-10-7-6-8-11-16;/h9,12-13,16,18H,6-8,10-11,14-15H2,1-5H3,(H,20,21);1H. The highest BCUT2D eigenvalue weighted by atomic mass is 127. The summed E-state index contributed by atoms with van der Waals surface area (Å²) in [6.07, 6.45) is 8.99. The van der Waals surface area contributed by atoms with E-state index >= 15 is 0 Å². The Morgan fingerprint density at radius 3 is 2.48 bits per heavy atom. The molecule has 5 nitrogen and oxygen atoms in total. The van der Waals surface area contributed by atoms with E-state index in [-0.39, 0.29) is 24.0 Å². The average Bonchev–Trinajstić information content (AvgIpc) is 2.97. The molecule has 25 heavy (non-hydrogen) atoms. The van der Waals surface area contributed by atoms with Gasteiger partial charge in [-0.2, -0.15) is 0 Å². The number of aryl methyl sites for hydroxylation is 1. The molecule has 0 radical (unpaired) electrons. The minimum atomic E-state index is 0. The van der Waals surface area contributed by atoms with E-state index in [2.05, 4.69) is 71.2 Å². The number of guanidine groups is 1. The predicted molar refractivity (Wildman–Crippen MR) is 118 cm³/mol. The minimum absolute atomic E-state index is 0. The Morgan fingerprint density at radius 1 is 1.28 bits per heavy atom. The number of hydrogen-bond donors (Lipinski definition) is 1. The van der Waals surface area contributed by atoms with Crippen molar-refractivity contribution < 1.29 is 0 Å². The number of halogens is 1. The largest absolute Gasteiger partial charge is 0.355 e. The van der Waals surface area contributed by atoms with Crippen LogP contribution in [0.1, 0.15) is 37.8 Å². The molecular formula is C19H36IN5. The number of aliphatic imine (C=N–C) groups is 1. The van der Waals surface area contributed by atoms with Gasteiger partial charge in [0.05, 0.1) is 6.54 Å². The molecule has 6 heteroatoms. The molecule has 1 fully saturated rings. The van der Waals surface area contributed by atoms with Crippen molar-refractivity contribution in [3.8, 4) is 0 Å². The van der Waals surface area contributed by atoms with Crippen molar-refractivity contribution in [1.29, 1.82) is 0 Å². The molecule has 144 valence electrons. The summed E-state index contributed by atoms with van der Waals surface area (Å²) in [7, 11) is 10.5. The van der Waals surface area contributed by atoms with E-state index in [1.54, 1.807) is 0 Å². The van der Waals surface area contributed by atoms with E-state index in [1.807, 2.05) is 7.05 Å². The van der Waals surface area contributed by atoms with Crippen molar-refractivity contribution >= 4 is 29.9 Å². The molecular weight excluding hydrogens is 425 g/mol. The number of likely N-dealkylation sites (N-methyl/N-ethyl adjacent to an activating group) is 1. The Hall–Kier alpha value is -0.760. The lowest BCUT2D eigenvalue weighted by atomic mass is 9.83. The Balaban J connectivity index is 0.00000312. The van der Waals surface area contributed by atoms with Gasteiger partial charge in [-0.05, 0) is 45.0 Å². The third-order valence-corrected chi connectivity index (χ3v) is 5.35. The average molecular weight is 461 g/mol. The third-order valence-electron chi connectivity index (χ3n) is 5.35. The molecule has 1 aliphatic rings. The number of aromatic nitrogens is 1. The summed E-state index contributed by atoms with van der Waals surface area (Å²) in [5, 5.41) is 3.60. The van der Waals surface area contributed by atoms with Gasteiger partial charge in [0.15, 0.2) is 5.96 Å². The van der Waals surface area contributed by atoms with Crippen LogP contribution in [-0.2, 0) is 13.6 Å². The fraction of sp³-hybridized carbons (Fsp3) is 0.737. The first kappa shape index (κ1) is 22.3. The van der Waals surface area contributed by atoms with Crippen molar-refractivity contribution in [2.24, 2.45) is 18.0 Å². The maximum Gasteiger partial charge on any atom is 0.193 e. The second kappa shape index (κ2) is 11.1. The normalized spacial score (nSPS) is 17.3. The maximum absolute atomic E-state index is 4.48. The highest BCUT2D eigenvalue weighted by Gasteiger charge is 2.25. The van der Waals surface area contributed by atoms with E-state index in [1.165, 1.54) is 37.8 Å². The van der Waals surface area contributed by atoms with Gasteiger partial charge in [-0.25, -0.2) is 0 Å². The van der Waals surface area contributed by atoms with E-state index in [4.69, 9.17) is 0 Å². The molecule has 1 aromatic heterocycles. The maximum atomic E-state index is 4.48. The van der Waals surface area contributed by atoms with Crippen LogP contribution in [0.3, 0.4) is 0 Å². The van der Waals surface area contributed by atoms with Crippen LogP contribution in [0.15, 0.2) is 23.3 Å². The quantitative estimate of drug-likeness (QED) is 0.402. The zero-order valence-corrected chi connectivity index (χ0v) is 18.9. The predicted octanol–water partition coefficient (Wildman–Crippen LogP) is 3.16. The summed E-state index contributed by atoms with van der Waals surface area (Å²) in [4.78, 5) is 9.06. The molecule has 0 bridgehead atoms. The van der Waals surface area contributed by atoms with Gasteiger partial charge in [0, 0.05) is 45.6 Å².